The highest BCUT2D eigenvalue weighted by Crippen LogP contribution is 2.67. The van der Waals surface area contributed by atoms with E-state index in [2.05, 4.69) is 41.8 Å². The maximum atomic E-state index is 14.4. The Morgan fingerprint density at radius 2 is 1.96 bits per heavy atom. The fraction of sp³-hybridized carbons (Fsp3) is 0.706. The lowest BCUT2D eigenvalue weighted by Gasteiger charge is -2.41. The molecular weight excluding hydrogens is 619 g/mol. The third kappa shape index (κ3) is 7.04. The minimum Gasteiger partial charge on any atom is -0.593 e. The van der Waals surface area contributed by atoms with Gasteiger partial charge < -0.3 is 19.5 Å². The molecule has 254 valence electrons. The van der Waals surface area contributed by atoms with Crippen LogP contribution in [0.15, 0.2) is 29.2 Å². The van der Waals surface area contributed by atoms with Gasteiger partial charge in [-0.3, -0.25) is 19.7 Å². The molecule has 0 spiro atoms. The molecule has 1 aromatic carbocycles. The van der Waals surface area contributed by atoms with E-state index in [9.17, 15) is 24.2 Å². The molecule has 4 rings (SSSR count). The highest BCUT2D eigenvalue weighted by Gasteiger charge is 2.75. The SMILES string of the molecule is CCOc1ccccc1[S+]([O-])N[C@H](C(=O)N1CC(C)C2C(C)(C)[C@]2(N[C@H](C)C(=O)C(C)[Si@H](C#N)C[C@@H]2CCNC2=O)C1)C(C)(C)C. The summed E-state index contributed by atoms with van der Waals surface area (Å²) in [6, 6.07) is 6.42. The Labute approximate surface area is 279 Å². The molecule has 0 bridgehead atoms. The zero-order chi connectivity index (χ0) is 34.2. The number of nitriles is 1. The first kappa shape index (κ1) is 36.4. The van der Waals surface area contributed by atoms with E-state index < -0.39 is 48.7 Å². The van der Waals surface area contributed by atoms with Crippen LogP contribution in [0.2, 0.25) is 11.6 Å². The van der Waals surface area contributed by atoms with E-state index >= 15 is 0 Å². The monoisotopic (exact) mass is 671 g/mol. The fourth-order valence-corrected chi connectivity index (χ4v) is 11.9. The highest BCUT2D eigenvalue weighted by atomic mass is 32.2. The summed E-state index contributed by atoms with van der Waals surface area (Å²) in [4.78, 5) is 42.7. The molecule has 46 heavy (non-hydrogen) atoms. The van der Waals surface area contributed by atoms with Crippen molar-refractivity contribution in [2.45, 2.75) is 103 Å². The maximum absolute atomic E-state index is 14.4. The lowest BCUT2D eigenvalue weighted by molar-refractivity contribution is -0.138. The molecule has 4 unspecified atom stereocenters. The molecule has 2 amide bonds. The highest BCUT2D eigenvalue weighted by molar-refractivity contribution is 7.89. The van der Waals surface area contributed by atoms with E-state index in [1.165, 1.54) is 0 Å². The van der Waals surface area contributed by atoms with Crippen LogP contribution in [0.3, 0.4) is 0 Å². The van der Waals surface area contributed by atoms with Crippen LogP contribution in [0.25, 0.3) is 0 Å². The number of fused-ring (bicyclic) bond motifs is 1. The summed E-state index contributed by atoms with van der Waals surface area (Å²) in [5.74, 6) is 0.649. The standard InChI is InChI=1S/C34H53N5O5SSi/c1-10-44-25-13-11-12-14-26(25)45(43)38-29(32(5,6)7)31(42)39-17-21(2)28-33(8,9)34(28,19-39)37-22(3)27(40)23(4)46(20-35)18-24-15-16-36-30(24)41/h11-14,21-24,28-29,37-38,46H,10,15-19H2,1-9H3,(H,36,41)/t21?,22-,23?,24+,28?,29-,34+,45?,46+/m1/s1. The molecule has 1 saturated carbocycles. The predicted molar refractivity (Wildman–Crippen MR) is 182 cm³/mol. The lowest BCUT2D eigenvalue weighted by atomic mass is 9.85. The second-order valence-corrected chi connectivity index (χ2v) is 19.4. The van der Waals surface area contributed by atoms with Crippen LogP contribution < -0.4 is 20.1 Å². The zero-order valence-corrected chi connectivity index (χ0v) is 30.9. The minimum absolute atomic E-state index is 0.00106. The van der Waals surface area contributed by atoms with Crippen molar-refractivity contribution in [2.24, 2.45) is 28.6 Å². The first-order valence-electron chi connectivity index (χ1n) is 16.7. The average molecular weight is 672 g/mol. The molecule has 2 aliphatic heterocycles. The zero-order valence-electron chi connectivity index (χ0n) is 28.9. The molecule has 10 nitrogen and oxygen atoms in total. The fourth-order valence-electron chi connectivity index (χ4n) is 8.13. The molecule has 9 atom stereocenters. The van der Waals surface area contributed by atoms with Crippen LogP contribution in [0.1, 0.15) is 68.7 Å². The van der Waals surface area contributed by atoms with E-state index in [1.54, 1.807) is 18.2 Å². The maximum Gasteiger partial charge on any atom is 0.244 e. The molecular formula is C34H53N5O5SSi. The number of amides is 2. The summed E-state index contributed by atoms with van der Waals surface area (Å²) in [6.07, 6.45) is 0.719. The molecule has 0 radical (unpaired) electrons. The van der Waals surface area contributed by atoms with Gasteiger partial charge in [0.25, 0.3) is 0 Å². The van der Waals surface area contributed by atoms with Gasteiger partial charge in [-0.15, -0.1) is 4.72 Å². The lowest BCUT2D eigenvalue weighted by Crippen LogP contribution is -2.62. The van der Waals surface area contributed by atoms with Crippen LogP contribution in [-0.4, -0.2) is 79.7 Å². The number of nitrogens with one attached hydrogen (secondary N) is 3. The van der Waals surface area contributed by atoms with E-state index in [1.807, 2.05) is 52.5 Å². The quantitative estimate of drug-likeness (QED) is 0.214. The smallest absolute Gasteiger partial charge is 0.244 e. The second kappa shape index (κ2) is 14.0. The Bertz CT molecular complexity index is 1350. The van der Waals surface area contributed by atoms with Crippen molar-refractivity contribution in [3.63, 3.8) is 0 Å². The van der Waals surface area contributed by atoms with Crippen LogP contribution in [0.5, 0.6) is 5.75 Å². The summed E-state index contributed by atoms with van der Waals surface area (Å²) in [5, 5.41) is 16.5. The summed E-state index contributed by atoms with van der Waals surface area (Å²) < 4.78 is 22.5. The molecule has 2 heterocycles. The summed E-state index contributed by atoms with van der Waals surface area (Å²) in [6.45, 7) is 20.1. The van der Waals surface area contributed by atoms with Crippen molar-refractivity contribution in [3.05, 3.63) is 24.3 Å². The number of para-hydroxylation sites is 1. The molecule has 1 aliphatic carbocycles. The van der Waals surface area contributed by atoms with E-state index in [0.29, 0.717) is 42.9 Å². The van der Waals surface area contributed by atoms with Crippen molar-refractivity contribution in [1.29, 1.82) is 5.26 Å². The number of hydrogen-bond acceptors (Lipinski definition) is 8. The van der Waals surface area contributed by atoms with E-state index in [-0.39, 0.29) is 40.8 Å². The van der Waals surface area contributed by atoms with Gasteiger partial charge >= 0.3 is 0 Å². The number of nitrogens with zero attached hydrogens (tertiary/aromatic N) is 2. The van der Waals surface area contributed by atoms with Gasteiger partial charge in [0.15, 0.2) is 14.5 Å². The van der Waals surface area contributed by atoms with Gasteiger partial charge in [-0.1, -0.05) is 60.6 Å². The largest absolute Gasteiger partial charge is 0.593 e. The number of benzene rings is 1. The normalized spacial score (nSPS) is 28.6. The number of hydrogen-bond donors (Lipinski definition) is 3. The van der Waals surface area contributed by atoms with Crippen LogP contribution >= 0.6 is 0 Å². The van der Waals surface area contributed by atoms with Crippen molar-refractivity contribution < 1.29 is 23.7 Å². The second-order valence-electron chi connectivity index (χ2n) is 15.2. The Kier molecular flexibility index (Phi) is 11.1. The number of likely N-dealkylation sites (tertiary alicyclic amines) is 1. The third-order valence-electron chi connectivity index (χ3n) is 10.7. The Morgan fingerprint density at radius 1 is 1.28 bits per heavy atom. The number of carbonyl (C=O) groups excluding carboxylic acids is 3. The molecule has 3 aliphatic rings. The number of ketones is 1. The molecule has 3 fully saturated rings. The third-order valence-corrected chi connectivity index (χ3v) is 14.8. The van der Waals surface area contributed by atoms with Gasteiger partial charge in [-0.25, -0.2) is 5.26 Å². The number of Topliss-reactive ketones (excluding diaryl/α,β-unsaturated/α-hetero) is 1. The Hall–Kier alpha value is -2.43. The van der Waals surface area contributed by atoms with E-state index in [4.69, 9.17) is 4.74 Å². The molecule has 1 aromatic rings. The average Bonchev–Trinajstić information content (AvgIpc) is 3.22. The minimum atomic E-state index is -2.19. The van der Waals surface area contributed by atoms with Crippen molar-refractivity contribution in [1.82, 2.24) is 20.3 Å². The molecule has 12 heteroatoms. The van der Waals surface area contributed by atoms with Gasteiger partial charge in [0.2, 0.25) is 16.7 Å². The van der Waals surface area contributed by atoms with Crippen LogP contribution in [-0.2, 0) is 25.7 Å². The topological polar surface area (TPSA) is 147 Å². The van der Waals surface area contributed by atoms with Crippen molar-refractivity contribution in [2.75, 3.05) is 26.2 Å². The number of piperidine rings is 1. The molecule has 2 saturated heterocycles. The molecule has 0 aromatic heterocycles. The Morgan fingerprint density at radius 3 is 2.54 bits per heavy atom. The van der Waals surface area contributed by atoms with Crippen molar-refractivity contribution >= 4 is 37.8 Å². The van der Waals surface area contributed by atoms with Crippen LogP contribution in [0.4, 0.5) is 0 Å². The molecule has 3 N–H and O–H groups in total. The Balaban J connectivity index is 1.52. The van der Waals surface area contributed by atoms with Gasteiger partial charge in [0.1, 0.15) is 11.8 Å². The van der Waals surface area contributed by atoms with Gasteiger partial charge in [-0.2, -0.15) is 0 Å². The number of ether oxygens (including phenoxy) is 1. The predicted octanol–water partition coefficient (Wildman–Crippen LogP) is 3.35. The van der Waals surface area contributed by atoms with E-state index in [0.717, 1.165) is 6.42 Å². The van der Waals surface area contributed by atoms with Gasteiger partial charge in [-0.05, 0) is 61.1 Å². The summed E-state index contributed by atoms with van der Waals surface area (Å²) in [5.41, 5.74) is 0.842. The van der Waals surface area contributed by atoms with Crippen LogP contribution in [0, 0.1) is 39.5 Å². The summed E-state index contributed by atoms with van der Waals surface area (Å²) >= 11 is -1.69. The number of carbonyl (C=O) groups is 3. The first-order valence-corrected chi connectivity index (χ1v) is 19.9. The van der Waals surface area contributed by atoms with Gasteiger partial charge in [0, 0.05) is 42.3 Å². The number of rotatable bonds is 13. The van der Waals surface area contributed by atoms with Crippen molar-refractivity contribution in [3.8, 4) is 11.4 Å². The first-order chi connectivity index (χ1) is 21.5. The summed E-state index contributed by atoms with van der Waals surface area (Å²) in [7, 11) is -2.19. The van der Waals surface area contributed by atoms with Gasteiger partial charge in [0.05, 0.1) is 24.0 Å².